The molecule has 1 aliphatic heterocycles. The van der Waals surface area contributed by atoms with Gasteiger partial charge in [0.1, 0.15) is 0 Å². The van der Waals surface area contributed by atoms with Gasteiger partial charge in [0.15, 0.2) is 6.10 Å². The molecule has 1 aliphatic rings. The average molecular weight is 446 g/mol. The molecular formula is C22H21F3N4O3. The third kappa shape index (κ3) is 4.59. The molecule has 2 atom stereocenters. The number of aliphatic hydroxyl groups excluding tert-OH is 1. The minimum Gasteiger partial charge on any atom is -0.378 e. The predicted octanol–water partition coefficient (Wildman–Crippen LogP) is 3.49. The van der Waals surface area contributed by atoms with Gasteiger partial charge in [0, 0.05) is 24.2 Å². The lowest BCUT2D eigenvalue weighted by Gasteiger charge is -2.33. The van der Waals surface area contributed by atoms with Crippen molar-refractivity contribution in [3.05, 3.63) is 59.8 Å². The minimum absolute atomic E-state index is 0.0722. The Kier molecular flexibility index (Phi) is 5.88. The summed E-state index contributed by atoms with van der Waals surface area (Å²) in [6.45, 7) is 0.484. The number of hydrogen-bond donors (Lipinski definition) is 3. The fraction of sp³-hybridized carbons (Fsp3) is 0.318. The molecule has 1 fully saturated rings. The second kappa shape index (κ2) is 8.62. The fourth-order valence-corrected chi connectivity index (χ4v) is 3.83. The highest BCUT2D eigenvalue weighted by atomic mass is 19.4. The van der Waals surface area contributed by atoms with Crippen LogP contribution in [0.15, 0.2) is 48.7 Å². The van der Waals surface area contributed by atoms with Gasteiger partial charge >= 0.3 is 6.18 Å². The van der Waals surface area contributed by atoms with Crippen LogP contribution in [0, 0.1) is 5.92 Å². The maximum absolute atomic E-state index is 12.7. The Labute approximate surface area is 181 Å². The molecule has 0 bridgehead atoms. The van der Waals surface area contributed by atoms with Gasteiger partial charge in [-0.15, -0.1) is 0 Å². The van der Waals surface area contributed by atoms with Crippen LogP contribution >= 0.6 is 0 Å². The fourth-order valence-electron chi connectivity index (χ4n) is 3.83. The molecule has 168 valence electrons. The van der Waals surface area contributed by atoms with E-state index in [1.165, 1.54) is 4.90 Å². The van der Waals surface area contributed by atoms with Gasteiger partial charge in [0.25, 0.3) is 5.91 Å². The van der Waals surface area contributed by atoms with Crippen molar-refractivity contribution in [2.75, 3.05) is 18.4 Å². The summed E-state index contributed by atoms with van der Waals surface area (Å²) in [7, 11) is 0. The summed E-state index contributed by atoms with van der Waals surface area (Å²) < 4.78 is 38.2. The van der Waals surface area contributed by atoms with Crippen LogP contribution in [0.5, 0.6) is 0 Å². The molecule has 32 heavy (non-hydrogen) atoms. The third-order valence-electron chi connectivity index (χ3n) is 5.60. The minimum atomic E-state index is -4.50. The van der Waals surface area contributed by atoms with E-state index in [4.69, 9.17) is 0 Å². The normalized spacial score (nSPS) is 17.9. The summed E-state index contributed by atoms with van der Waals surface area (Å²) in [4.78, 5) is 26.9. The van der Waals surface area contributed by atoms with E-state index in [9.17, 15) is 27.9 Å². The predicted molar refractivity (Wildman–Crippen MR) is 110 cm³/mol. The molecule has 0 radical (unpaired) electrons. The van der Waals surface area contributed by atoms with Crippen LogP contribution in [0.4, 0.5) is 18.9 Å². The number of nitrogens with zero attached hydrogens (tertiary/aromatic N) is 2. The zero-order chi connectivity index (χ0) is 22.9. The van der Waals surface area contributed by atoms with Crippen molar-refractivity contribution >= 4 is 28.4 Å². The largest absolute Gasteiger partial charge is 0.416 e. The summed E-state index contributed by atoms with van der Waals surface area (Å²) in [6, 6.07) is 9.17. The molecule has 2 heterocycles. The van der Waals surface area contributed by atoms with E-state index in [2.05, 4.69) is 15.5 Å². The summed E-state index contributed by atoms with van der Waals surface area (Å²) in [6.07, 6.45) is -3.29. The number of hydrogen-bond acceptors (Lipinski definition) is 4. The number of benzene rings is 2. The molecule has 4 rings (SSSR count). The van der Waals surface area contributed by atoms with Gasteiger partial charge in [-0.3, -0.25) is 14.7 Å². The van der Waals surface area contributed by atoms with Gasteiger partial charge in [0.2, 0.25) is 5.91 Å². The Balaban J connectivity index is 1.40. The Hall–Kier alpha value is -3.40. The van der Waals surface area contributed by atoms with Crippen molar-refractivity contribution in [3.63, 3.8) is 0 Å². The summed E-state index contributed by atoms with van der Waals surface area (Å²) in [5.41, 5.74) is 0.666. The Morgan fingerprint density at radius 2 is 1.94 bits per heavy atom. The summed E-state index contributed by atoms with van der Waals surface area (Å²) in [5.74, 6) is -1.34. The Morgan fingerprint density at radius 3 is 2.66 bits per heavy atom. The number of aromatic nitrogens is 2. The van der Waals surface area contributed by atoms with E-state index in [1.54, 1.807) is 24.4 Å². The molecule has 3 N–H and O–H groups in total. The van der Waals surface area contributed by atoms with E-state index in [1.807, 2.05) is 0 Å². The van der Waals surface area contributed by atoms with E-state index >= 15 is 0 Å². The number of likely N-dealkylation sites (tertiary alicyclic amines) is 1. The van der Waals surface area contributed by atoms with Crippen LogP contribution in [-0.4, -0.2) is 45.1 Å². The highest BCUT2D eigenvalue weighted by molar-refractivity contribution is 5.95. The average Bonchev–Trinajstić information content (AvgIpc) is 3.25. The van der Waals surface area contributed by atoms with E-state index in [0.717, 1.165) is 35.2 Å². The zero-order valence-corrected chi connectivity index (χ0v) is 16.9. The molecule has 3 aromatic rings. The van der Waals surface area contributed by atoms with Gasteiger partial charge in [-0.2, -0.15) is 18.3 Å². The topological polar surface area (TPSA) is 98.3 Å². The number of aliphatic hydroxyl groups is 1. The van der Waals surface area contributed by atoms with Gasteiger partial charge < -0.3 is 15.3 Å². The zero-order valence-electron chi connectivity index (χ0n) is 16.9. The number of rotatable bonds is 4. The number of carbonyl (C=O) groups is 2. The lowest BCUT2D eigenvalue weighted by molar-refractivity contribution is -0.143. The van der Waals surface area contributed by atoms with Crippen molar-refractivity contribution < 1.29 is 27.9 Å². The van der Waals surface area contributed by atoms with Crippen LogP contribution in [0.3, 0.4) is 0 Å². The number of fused-ring (bicyclic) bond motifs is 1. The Bertz CT molecular complexity index is 1130. The van der Waals surface area contributed by atoms with Crippen molar-refractivity contribution in [2.45, 2.75) is 25.1 Å². The van der Waals surface area contributed by atoms with Crippen LogP contribution in [0.25, 0.3) is 10.9 Å². The number of carbonyl (C=O) groups excluding carboxylic acids is 2. The van der Waals surface area contributed by atoms with Gasteiger partial charge in [-0.05, 0) is 48.7 Å². The highest BCUT2D eigenvalue weighted by Crippen LogP contribution is 2.30. The Morgan fingerprint density at radius 1 is 1.19 bits per heavy atom. The lowest BCUT2D eigenvalue weighted by Crippen LogP contribution is -2.45. The monoisotopic (exact) mass is 446 g/mol. The van der Waals surface area contributed by atoms with Crippen molar-refractivity contribution in [1.29, 1.82) is 0 Å². The molecule has 2 aromatic carbocycles. The van der Waals surface area contributed by atoms with Crippen molar-refractivity contribution in [3.8, 4) is 0 Å². The SMILES string of the molecule is O=C(Nc1ccc2[nH]ncc2c1)C1CCCN(C(=O)C(O)c2ccc(C(F)(F)F)cc2)C1. The first kappa shape index (κ1) is 21.8. The first-order chi connectivity index (χ1) is 15.2. The molecule has 2 amide bonds. The van der Waals surface area contributed by atoms with Crippen LogP contribution in [-0.2, 0) is 15.8 Å². The highest BCUT2D eigenvalue weighted by Gasteiger charge is 2.33. The second-order valence-corrected chi connectivity index (χ2v) is 7.81. The maximum Gasteiger partial charge on any atom is 0.416 e. The van der Waals surface area contributed by atoms with Crippen LogP contribution in [0.2, 0.25) is 0 Å². The van der Waals surface area contributed by atoms with Gasteiger partial charge in [-0.25, -0.2) is 0 Å². The third-order valence-corrected chi connectivity index (χ3v) is 5.60. The second-order valence-electron chi connectivity index (χ2n) is 7.81. The number of alkyl halides is 3. The number of H-pyrrole nitrogens is 1. The first-order valence-electron chi connectivity index (χ1n) is 10.1. The summed E-state index contributed by atoms with van der Waals surface area (Å²) >= 11 is 0. The molecule has 10 heteroatoms. The number of nitrogens with one attached hydrogen (secondary N) is 2. The molecule has 1 saturated heterocycles. The van der Waals surface area contributed by atoms with E-state index in [-0.39, 0.29) is 18.0 Å². The van der Waals surface area contributed by atoms with Crippen LogP contribution < -0.4 is 5.32 Å². The molecule has 1 aromatic heterocycles. The molecular weight excluding hydrogens is 425 g/mol. The molecule has 0 aliphatic carbocycles. The number of amides is 2. The van der Waals surface area contributed by atoms with Crippen molar-refractivity contribution in [1.82, 2.24) is 15.1 Å². The van der Waals surface area contributed by atoms with Crippen molar-refractivity contribution in [2.24, 2.45) is 5.92 Å². The molecule has 0 saturated carbocycles. The van der Waals surface area contributed by atoms with E-state index < -0.39 is 29.7 Å². The maximum atomic E-state index is 12.7. The summed E-state index contributed by atoms with van der Waals surface area (Å²) in [5, 5.41) is 20.9. The van der Waals surface area contributed by atoms with E-state index in [0.29, 0.717) is 25.1 Å². The molecule has 7 nitrogen and oxygen atoms in total. The molecule has 0 spiro atoms. The molecule has 2 unspecified atom stereocenters. The number of halogens is 3. The lowest BCUT2D eigenvalue weighted by atomic mass is 9.95. The smallest absolute Gasteiger partial charge is 0.378 e. The van der Waals surface area contributed by atoms with Crippen LogP contribution in [0.1, 0.15) is 30.1 Å². The number of anilines is 1. The van der Waals surface area contributed by atoms with Gasteiger partial charge in [-0.1, -0.05) is 12.1 Å². The van der Waals surface area contributed by atoms with Gasteiger partial charge in [0.05, 0.1) is 23.2 Å². The number of aromatic amines is 1. The standard InChI is InChI=1S/C22H21F3N4O3/c23-22(24,25)16-5-3-13(4-6-16)19(30)21(32)29-9-1-2-14(12-29)20(31)27-17-7-8-18-15(10-17)11-26-28-18/h3-8,10-11,14,19,30H,1-2,9,12H2,(H,26,28)(H,27,31). The quantitative estimate of drug-likeness (QED) is 0.571. The number of piperidine rings is 1. The first-order valence-corrected chi connectivity index (χ1v) is 10.1.